The third-order valence-electron chi connectivity index (χ3n) is 4.29. The third-order valence-corrected chi connectivity index (χ3v) is 4.29. The van der Waals surface area contributed by atoms with Crippen molar-refractivity contribution >= 4 is 17.0 Å². The van der Waals surface area contributed by atoms with Gasteiger partial charge in [-0.15, -0.1) is 0 Å². The number of nitrogens with two attached hydrogens (primary N) is 1. The highest BCUT2D eigenvalue weighted by Crippen LogP contribution is 2.21. The standard InChI is InChI=1S/C16H23N5O/c1-10(2)21-14(22)8-3-11-9-18-16(20-15(11)21)19-13-6-4-12(17)5-7-13/h3,8-10,12-13H,4-7,17H2,1-2H3,(H,18,19,20)/t12-,13+. The molecule has 0 unspecified atom stereocenters. The number of hydrogen-bond donors (Lipinski definition) is 2. The summed E-state index contributed by atoms with van der Waals surface area (Å²) < 4.78 is 1.71. The van der Waals surface area contributed by atoms with Gasteiger partial charge in [0.2, 0.25) is 5.95 Å². The van der Waals surface area contributed by atoms with Crippen molar-refractivity contribution in [2.24, 2.45) is 5.73 Å². The van der Waals surface area contributed by atoms with Gasteiger partial charge in [0.1, 0.15) is 5.65 Å². The summed E-state index contributed by atoms with van der Waals surface area (Å²) in [4.78, 5) is 21.0. The molecule has 6 nitrogen and oxygen atoms in total. The van der Waals surface area contributed by atoms with E-state index in [-0.39, 0.29) is 11.6 Å². The van der Waals surface area contributed by atoms with Crippen molar-refractivity contribution in [3.05, 3.63) is 28.7 Å². The van der Waals surface area contributed by atoms with Gasteiger partial charge >= 0.3 is 0 Å². The Bertz CT molecular complexity index is 716. The molecule has 0 radical (unpaired) electrons. The van der Waals surface area contributed by atoms with Crippen molar-refractivity contribution in [3.8, 4) is 0 Å². The van der Waals surface area contributed by atoms with E-state index in [1.807, 2.05) is 13.8 Å². The highest BCUT2D eigenvalue weighted by molar-refractivity contribution is 5.75. The van der Waals surface area contributed by atoms with Crippen LogP contribution in [0.25, 0.3) is 11.0 Å². The van der Waals surface area contributed by atoms with Crippen LogP contribution in [0.3, 0.4) is 0 Å². The quantitative estimate of drug-likeness (QED) is 0.906. The van der Waals surface area contributed by atoms with E-state index >= 15 is 0 Å². The van der Waals surface area contributed by atoms with Crippen molar-refractivity contribution < 1.29 is 0 Å². The van der Waals surface area contributed by atoms with Crippen LogP contribution in [0.1, 0.15) is 45.6 Å². The molecule has 118 valence electrons. The number of nitrogens with zero attached hydrogens (tertiary/aromatic N) is 3. The van der Waals surface area contributed by atoms with E-state index in [4.69, 9.17) is 5.73 Å². The summed E-state index contributed by atoms with van der Waals surface area (Å²) in [7, 11) is 0. The van der Waals surface area contributed by atoms with Crippen molar-refractivity contribution in [2.75, 3.05) is 5.32 Å². The number of nitrogens with one attached hydrogen (secondary N) is 1. The van der Waals surface area contributed by atoms with Crippen LogP contribution >= 0.6 is 0 Å². The molecule has 0 bridgehead atoms. The van der Waals surface area contributed by atoms with Gasteiger partial charge in [-0.1, -0.05) is 0 Å². The van der Waals surface area contributed by atoms with Crippen LogP contribution in [0.15, 0.2) is 23.1 Å². The molecule has 2 aromatic heterocycles. The van der Waals surface area contributed by atoms with Gasteiger partial charge in [-0.25, -0.2) is 4.98 Å². The molecule has 0 saturated heterocycles. The number of hydrogen-bond acceptors (Lipinski definition) is 5. The molecular formula is C16H23N5O. The maximum Gasteiger partial charge on any atom is 0.252 e. The Labute approximate surface area is 129 Å². The lowest BCUT2D eigenvalue weighted by Gasteiger charge is -2.26. The van der Waals surface area contributed by atoms with Crippen LogP contribution in [0.4, 0.5) is 5.95 Å². The van der Waals surface area contributed by atoms with Gasteiger partial charge in [0.25, 0.3) is 5.56 Å². The molecule has 6 heteroatoms. The minimum absolute atomic E-state index is 0.0317. The second kappa shape index (κ2) is 6.04. The number of rotatable bonds is 3. The molecule has 0 atom stereocenters. The lowest BCUT2D eigenvalue weighted by molar-refractivity contribution is 0.410. The molecule has 1 aliphatic carbocycles. The largest absolute Gasteiger partial charge is 0.351 e. The minimum atomic E-state index is -0.0317. The van der Waals surface area contributed by atoms with E-state index in [1.165, 1.54) is 0 Å². The summed E-state index contributed by atoms with van der Waals surface area (Å²) in [5.41, 5.74) is 6.59. The van der Waals surface area contributed by atoms with Crippen molar-refractivity contribution in [1.29, 1.82) is 0 Å². The molecule has 0 spiro atoms. The van der Waals surface area contributed by atoms with Gasteiger partial charge < -0.3 is 11.1 Å². The highest BCUT2D eigenvalue weighted by atomic mass is 16.1. The molecule has 3 rings (SSSR count). The van der Waals surface area contributed by atoms with Crippen molar-refractivity contribution in [1.82, 2.24) is 14.5 Å². The lowest BCUT2D eigenvalue weighted by Crippen LogP contribution is -2.33. The smallest absolute Gasteiger partial charge is 0.252 e. The third kappa shape index (κ3) is 2.97. The van der Waals surface area contributed by atoms with Gasteiger partial charge in [-0.05, 0) is 45.6 Å². The first-order valence-electron chi connectivity index (χ1n) is 7.95. The average Bonchev–Trinajstić information content (AvgIpc) is 2.49. The molecule has 0 aliphatic heterocycles. The van der Waals surface area contributed by atoms with Crippen LogP contribution in [0.5, 0.6) is 0 Å². The molecule has 3 N–H and O–H groups in total. The fraction of sp³-hybridized carbons (Fsp3) is 0.562. The molecule has 1 aliphatic rings. The van der Waals surface area contributed by atoms with Gasteiger partial charge in [0, 0.05) is 35.8 Å². The molecule has 0 amide bonds. The van der Waals surface area contributed by atoms with Crippen LogP contribution in [0.2, 0.25) is 0 Å². The average molecular weight is 301 g/mol. The van der Waals surface area contributed by atoms with Gasteiger partial charge in [-0.2, -0.15) is 4.98 Å². The Morgan fingerprint density at radius 1 is 1.27 bits per heavy atom. The molecule has 2 heterocycles. The van der Waals surface area contributed by atoms with Crippen molar-refractivity contribution in [2.45, 2.75) is 57.7 Å². The molecule has 0 aromatic carbocycles. The summed E-state index contributed by atoms with van der Waals surface area (Å²) in [6, 6.07) is 4.09. The maximum atomic E-state index is 12.1. The summed E-state index contributed by atoms with van der Waals surface area (Å²) in [5, 5.41) is 4.27. The van der Waals surface area contributed by atoms with E-state index in [1.54, 1.807) is 22.9 Å². The highest BCUT2D eigenvalue weighted by Gasteiger charge is 2.19. The lowest BCUT2D eigenvalue weighted by atomic mass is 9.92. The number of aromatic nitrogens is 3. The molecular weight excluding hydrogens is 278 g/mol. The number of pyridine rings is 1. The first-order chi connectivity index (χ1) is 10.5. The second-order valence-electron chi connectivity index (χ2n) is 6.36. The van der Waals surface area contributed by atoms with E-state index in [0.29, 0.717) is 23.7 Å². The number of fused-ring (bicyclic) bond motifs is 1. The Hall–Kier alpha value is -1.95. The van der Waals surface area contributed by atoms with Gasteiger partial charge in [-0.3, -0.25) is 9.36 Å². The van der Waals surface area contributed by atoms with E-state index in [9.17, 15) is 4.79 Å². The fourth-order valence-corrected chi connectivity index (χ4v) is 3.05. The summed E-state index contributed by atoms with van der Waals surface area (Å²) in [6.07, 6.45) is 5.91. The van der Waals surface area contributed by atoms with Crippen LogP contribution in [0, 0.1) is 0 Å². The van der Waals surface area contributed by atoms with Gasteiger partial charge in [0.15, 0.2) is 0 Å². The van der Waals surface area contributed by atoms with Crippen LogP contribution in [-0.2, 0) is 0 Å². The first-order valence-corrected chi connectivity index (χ1v) is 7.95. The Balaban J connectivity index is 1.92. The SMILES string of the molecule is CC(C)n1c(=O)ccc2cnc(N[C@H]3CC[C@@H](N)CC3)nc21. The number of anilines is 1. The maximum absolute atomic E-state index is 12.1. The fourth-order valence-electron chi connectivity index (χ4n) is 3.05. The molecule has 1 saturated carbocycles. The zero-order chi connectivity index (χ0) is 15.7. The van der Waals surface area contributed by atoms with E-state index < -0.39 is 0 Å². The zero-order valence-corrected chi connectivity index (χ0v) is 13.1. The summed E-state index contributed by atoms with van der Waals surface area (Å²) >= 11 is 0. The summed E-state index contributed by atoms with van der Waals surface area (Å²) in [5.74, 6) is 0.591. The first kappa shape index (κ1) is 15.0. The Kier molecular flexibility index (Phi) is 4.11. The minimum Gasteiger partial charge on any atom is -0.351 e. The Morgan fingerprint density at radius 2 is 2.00 bits per heavy atom. The van der Waals surface area contributed by atoms with E-state index in [0.717, 1.165) is 31.1 Å². The van der Waals surface area contributed by atoms with E-state index in [2.05, 4.69) is 15.3 Å². The molecule has 22 heavy (non-hydrogen) atoms. The monoisotopic (exact) mass is 301 g/mol. The van der Waals surface area contributed by atoms with Crippen molar-refractivity contribution in [3.63, 3.8) is 0 Å². The molecule has 2 aromatic rings. The normalized spacial score (nSPS) is 22.2. The predicted octanol–water partition coefficient (Wildman–Crippen LogP) is 2.05. The second-order valence-corrected chi connectivity index (χ2v) is 6.36. The van der Waals surface area contributed by atoms with Crippen LogP contribution < -0.4 is 16.6 Å². The molecule has 1 fully saturated rings. The zero-order valence-electron chi connectivity index (χ0n) is 13.1. The van der Waals surface area contributed by atoms with Crippen LogP contribution in [-0.4, -0.2) is 26.6 Å². The van der Waals surface area contributed by atoms with Gasteiger partial charge in [0.05, 0.1) is 0 Å². The summed E-state index contributed by atoms with van der Waals surface area (Å²) in [6.45, 7) is 3.97. The topological polar surface area (TPSA) is 85.8 Å². The predicted molar refractivity (Wildman–Crippen MR) is 88.0 cm³/mol. The Morgan fingerprint density at radius 3 is 2.68 bits per heavy atom.